The Labute approximate surface area is 220 Å². The van der Waals surface area contributed by atoms with Gasteiger partial charge in [-0.1, -0.05) is 48.5 Å². The predicted molar refractivity (Wildman–Crippen MR) is 142 cm³/mol. The van der Waals surface area contributed by atoms with Crippen LogP contribution < -0.4 is 10.6 Å². The number of rotatable bonds is 9. The van der Waals surface area contributed by atoms with Crippen molar-refractivity contribution in [3.8, 4) is 33.6 Å². The number of hydrogen-bond donors (Lipinski definition) is 4. The van der Waals surface area contributed by atoms with Crippen LogP contribution in [0.4, 0.5) is 0 Å². The van der Waals surface area contributed by atoms with Crippen molar-refractivity contribution >= 4 is 12.3 Å². The molecule has 2 aliphatic rings. The Kier molecular flexibility index (Phi) is 6.51. The van der Waals surface area contributed by atoms with E-state index in [4.69, 9.17) is 4.74 Å². The Morgan fingerprint density at radius 1 is 0.868 bits per heavy atom. The average Bonchev–Trinajstić information content (AvgIpc) is 3.29. The number of hydrogen-bond acceptors (Lipinski definition) is 5. The molecule has 1 unspecified atom stereocenters. The molecule has 6 rings (SSSR count). The number of carbonyl (C=O) groups is 2. The van der Waals surface area contributed by atoms with Gasteiger partial charge in [-0.2, -0.15) is 0 Å². The summed E-state index contributed by atoms with van der Waals surface area (Å²) in [5.41, 5.74) is 6.28. The van der Waals surface area contributed by atoms with Gasteiger partial charge in [-0.05, 0) is 46.9 Å². The Morgan fingerprint density at radius 2 is 1.39 bits per heavy atom. The van der Waals surface area contributed by atoms with E-state index in [0.29, 0.717) is 25.3 Å². The summed E-state index contributed by atoms with van der Waals surface area (Å²) in [5.74, 6) is 1.70. The zero-order chi connectivity index (χ0) is 26.0. The van der Waals surface area contributed by atoms with E-state index in [1.165, 1.54) is 0 Å². The van der Waals surface area contributed by atoms with E-state index in [2.05, 4.69) is 79.1 Å². The third-order valence-electron chi connectivity index (χ3n) is 7.76. The van der Waals surface area contributed by atoms with Gasteiger partial charge in [0, 0.05) is 19.1 Å². The van der Waals surface area contributed by atoms with Crippen molar-refractivity contribution in [2.75, 3.05) is 13.2 Å². The largest absolute Gasteiger partial charge is 0.381 e. The molecule has 38 heavy (non-hydrogen) atoms. The lowest BCUT2D eigenvalue weighted by atomic mass is 9.93. The van der Waals surface area contributed by atoms with Crippen molar-refractivity contribution < 1.29 is 14.3 Å². The zero-order valence-corrected chi connectivity index (χ0v) is 21.0. The van der Waals surface area contributed by atoms with Crippen molar-refractivity contribution in [1.82, 2.24) is 30.6 Å². The van der Waals surface area contributed by atoms with Gasteiger partial charge in [-0.3, -0.25) is 9.59 Å². The van der Waals surface area contributed by atoms with Crippen molar-refractivity contribution in [3.63, 3.8) is 0 Å². The molecule has 9 heteroatoms. The molecule has 4 aromatic rings. The van der Waals surface area contributed by atoms with Crippen molar-refractivity contribution in [3.05, 3.63) is 72.6 Å². The summed E-state index contributed by atoms with van der Waals surface area (Å²) in [4.78, 5) is 38.4. The molecule has 3 heterocycles. The van der Waals surface area contributed by atoms with Gasteiger partial charge in [-0.25, -0.2) is 9.97 Å². The van der Waals surface area contributed by atoms with Crippen molar-refractivity contribution in [2.45, 2.75) is 32.4 Å². The maximum absolute atomic E-state index is 12.6. The molecule has 2 aromatic heterocycles. The first-order valence-electron chi connectivity index (χ1n) is 13.0. The first-order valence-corrected chi connectivity index (χ1v) is 13.0. The summed E-state index contributed by atoms with van der Waals surface area (Å²) in [5, 5.41) is 5.66. The lowest BCUT2D eigenvalue weighted by Crippen LogP contribution is -2.29. The van der Waals surface area contributed by atoms with Crippen LogP contribution in [0.2, 0.25) is 0 Å². The molecule has 1 aliphatic heterocycles. The van der Waals surface area contributed by atoms with Crippen molar-refractivity contribution in [1.29, 1.82) is 0 Å². The molecule has 1 atom stereocenters. The van der Waals surface area contributed by atoms with Gasteiger partial charge in [0.15, 0.2) is 0 Å². The number of nitrogens with one attached hydrogen (secondary N) is 4. The Bertz CT molecular complexity index is 1420. The van der Waals surface area contributed by atoms with E-state index in [-0.39, 0.29) is 17.2 Å². The van der Waals surface area contributed by atoms with E-state index >= 15 is 0 Å². The van der Waals surface area contributed by atoms with Gasteiger partial charge in [0.2, 0.25) is 12.3 Å². The summed E-state index contributed by atoms with van der Waals surface area (Å²) in [6.07, 6.45) is 7.19. The SMILES string of the molecule is O=CNCc1ncc(-c2ccc(-c3ccc(-c4cnc(CNC(=O)C5CC56CCOCC6)[nH]4)cc3)cc2)[nH]1. The Morgan fingerprint density at radius 3 is 1.95 bits per heavy atom. The summed E-state index contributed by atoms with van der Waals surface area (Å²) in [6.45, 7) is 2.31. The number of carbonyl (C=O) groups excluding carboxylic acids is 2. The van der Waals surface area contributed by atoms with Gasteiger partial charge < -0.3 is 25.3 Å². The molecule has 1 saturated heterocycles. The fourth-order valence-corrected chi connectivity index (χ4v) is 5.36. The molecule has 194 valence electrons. The molecule has 9 nitrogen and oxygen atoms in total. The van der Waals surface area contributed by atoms with Gasteiger partial charge in [0.25, 0.3) is 0 Å². The normalized spacial score (nSPS) is 17.7. The number of nitrogens with zero attached hydrogens (tertiary/aromatic N) is 2. The van der Waals surface area contributed by atoms with Crippen LogP contribution in [0.15, 0.2) is 60.9 Å². The highest BCUT2D eigenvalue weighted by Gasteiger charge is 2.57. The zero-order valence-electron chi connectivity index (χ0n) is 21.0. The van der Waals surface area contributed by atoms with Crippen LogP contribution in [0.1, 0.15) is 30.9 Å². The lowest BCUT2D eigenvalue weighted by molar-refractivity contribution is -0.123. The minimum Gasteiger partial charge on any atom is -0.381 e. The minimum atomic E-state index is 0.116. The molecule has 1 aliphatic carbocycles. The van der Waals surface area contributed by atoms with Crippen molar-refractivity contribution in [2.24, 2.45) is 11.3 Å². The van der Waals surface area contributed by atoms with Crippen LogP contribution in [0, 0.1) is 11.3 Å². The minimum absolute atomic E-state index is 0.116. The standard InChI is InChI=1S/C29H30N6O3/c36-18-30-16-26-31-14-24(34-26)21-5-1-19(2-6-21)20-3-7-22(8-4-20)25-15-32-27(35-25)17-33-28(37)23-13-29(23)9-11-38-12-10-29/h1-8,14-15,18,23H,9-13,16-17H2,(H,30,36)(H,31,34)(H,32,35)(H,33,37). The Balaban J connectivity index is 1.05. The van der Waals surface area contributed by atoms with Crippen LogP contribution in [-0.4, -0.2) is 45.5 Å². The van der Waals surface area contributed by atoms with E-state index in [1.54, 1.807) is 6.20 Å². The average molecular weight is 511 g/mol. The fourth-order valence-electron chi connectivity index (χ4n) is 5.36. The summed E-state index contributed by atoms with van der Waals surface area (Å²) in [7, 11) is 0. The van der Waals surface area contributed by atoms with Crippen LogP contribution in [-0.2, 0) is 27.4 Å². The highest BCUT2D eigenvalue weighted by Crippen LogP contribution is 2.59. The highest BCUT2D eigenvalue weighted by molar-refractivity contribution is 5.82. The Hall–Kier alpha value is -4.24. The maximum Gasteiger partial charge on any atom is 0.224 e. The first kappa shape index (κ1) is 24.1. The summed E-state index contributed by atoms with van der Waals surface area (Å²) >= 11 is 0. The number of imidazole rings is 2. The van der Waals surface area contributed by atoms with Crippen LogP contribution in [0.5, 0.6) is 0 Å². The number of benzene rings is 2. The molecule has 0 bridgehead atoms. The topological polar surface area (TPSA) is 125 Å². The third-order valence-corrected chi connectivity index (χ3v) is 7.76. The molecule has 0 radical (unpaired) electrons. The van der Waals surface area contributed by atoms with Gasteiger partial charge in [0.1, 0.15) is 11.6 Å². The number of aromatic amines is 2. The van der Waals surface area contributed by atoms with Crippen LogP contribution in [0.3, 0.4) is 0 Å². The summed E-state index contributed by atoms with van der Waals surface area (Å²) in [6, 6.07) is 16.6. The number of H-pyrrole nitrogens is 2. The molecule has 2 aromatic carbocycles. The van der Waals surface area contributed by atoms with E-state index in [9.17, 15) is 9.59 Å². The molecule has 4 N–H and O–H groups in total. The fraction of sp³-hybridized carbons (Fsp3) is 0.310. The second kappa shape index (κ2) is 10.3. The number of amides is 2. The molecular formula is C29H30N6O3. The van der Waals surface area contributed by atoms with Crippen LogP contribution >= 0.6 is 0 Å². The van der Waals surface area contributed by atoms with E-state index in [1.807, 2.05) is 6.20 Å². The molecule has 1 spiro atoms. The van der Waals surface area contributed by atoms with Crippen LogP contribution in [0.25, 0.3) is 33.6 Å². The third kappa shape index (κ3) is 4.97. The molecule has 2 fully saturated rings. The van der Waals surface area contributed by atoms with E-state index < -0.39 is 0 Å². The molecular weight excluding hydrogens is 480 g/mol. The monoisotopic (exact) mass is 510 g/mol. The first-order chi connectivity index (χ1) is 18.6. The van der Waals surface area contributed by atoms with E-state index in [0.717, 1.165) is 71.9 Å². The number of ether oxygens (including phenoxy) is 1. The second-order valence-corrected chi connectivity index (χ2v) is 10.1. The lowest BCUT2D eigenvalue weighted by Gasteiger charge is -2.22. The van der Waals surface area contributed by atoms with Gasteiger partial charge in [0.05, 0.1) is 36.9 Å². The quantitative estimate of drug-likeness (QED) is 0.255. The molecule has 2 amide bonds. The van der Waals surface area contributed by atoms with Gasteiger partial charge in [-0.15, -0.1) is 0 Å². The number of aromatic nitrogens is 4. The van der Waals surface area contributed by atoms with Gasteiger partial charge >= 0.3 is 0 Å². The second-order valence-electron chi connectivity index (χ2n) is 10.1. The predicted octanol–water partition coefficient (Wildman–Crippen LogP) is 3.81. The highest BCUT2D eigenvalue weighted by atomic mass is 16.5. The smallest absolute Gasteiger partial charge is 0.224 e. The molecule has 1 saturated carbocycles. The maximum atomic E-state index is 12.6. The summed E-state index contributed by atoms with van der Waals surface area (Å²) < 4.78 is 5.45.